The molecule has 0 aromatic heterocycles. The molecule has 1 aromatic carbocycles. The Hall–Kier alpha value is -1.20. The Morgan fingerprint density at radius 1 is 1.15 bits per heavy atom. The van der Waals surface area contributed by atoms with Gasteiger partial charge in [-0.2, -0.15) is 0 Å². The van der Waals surface area contributed by atoms with Crippen LogP contribution in [0.2, 0.25) is 0 Å². The van der Waals surface area contributed by atoms with Crippen LogP contribution in [0.4, 0.5) is 0 Å². The van der Waals surface area contributed by atoms with Gasteiger partial charge in [-0.15, -0.1) is 0 Å². The zero-order valence-corrected chi connectivity index (χ0v) is 11.8. The van der Waals surface area contributed by atoms with Gasteiger partial charge in [-0.1, -0.05) is 30.3 Å². The number of rotatable bonds is 4. The molecule has 1 saturated heterocycles. The number of hydrogen-bond acceptors (Lipinski definition) is 4. The minimum Gasteiger partial charge on any atom is -0.386 e. The first-order valence-electron chi connectivity index (χ1n) is 6.91. The Labute approximate surface area is 119 Å². The van der Waals surface area contributed by atoms with Crippen LogP contribution in [0.5, 0.6) is 0 Å². The van der Waals surface area contributed by atoms with Gasteiger partial charge in [0.2, 0.25) is 0 Å². The molecule has 0 unspecified atom stereocenters. The van der Waals surface area contributed by atoms with Crippen LogP contribution in [0.3, 0.4) is 0 Å². The summed E-state index contributed by atoms with van der Waals surface area (Å²) in [4.78, 5) is 0. The summed E-state index contributed by atoms with van der Waals surface area (Å²) >= 11 is 0. The monoisotopic (exact) mass is 276 g/mol. The summed E-state index contributed by atoms with van der Waals surface area (Å²) in [7, 11) is 0. The van der Waals surface area contributed by atoms with Crippen molar-refractivity contribution in [2.24, 2.45) is 0 Å². The predicted molar refractivity (Wildman–Crippen MR) is 74.0 cm³/mol. The van der Waals surface area contributed by atoms with E-state index in [1.54, 1.807) is 6.08 Å². The van der Waals surface area contributed by atoms with Crippen molar-refractivity contribution in [3.63, 3.8) is 0 Å². The highest BCUT2D eigenvalue weighted by Gasteiger charge is 2.49. The molecule has 3 atom stereocenters. The summed E-state index contributed by atoms with van der Waals surface area (Å²) in [6.45, 7) is 4.73. The van der Waals surface area contributed by atoms with E-state index in [0.29, 0.717) is 13.2 Å². The fraction of sp³-hybridized carbons (Fsp3) is 0.500. The molecule has 1 N–H and O–H groups in total. The van der Waals surface area contributed by atoms with Crippen LogP contribution in [0.25, 0.3) is 0 Å². The lowest BCUT2D eigenvalue weighted by molar-refractivity contribution is -0.153. The van der Waals surface area contributed by atoms with Crippen molar-refractivity contribution in [1.29, 1.82) is 0 Å². The van der Waals surface area contributed by atoms with E-state index in [2.05, 4.69) is 0 Å². The number of hydrogen-bond donors (Lipinski definition) is 1. The summed E-state index contributed by atoms with van der Waals surface area (Å²) in [5.41, 5.74) is 2.09. The first-order valence-corrected chi connectivity index (χ1v) is 6.91. The van der Waals surface area contributed by atoms with Gasteiger partial charge < -0.3 is 19.3 Å². The van der Waals surface area contributed by atoms with Crippen molar-refractivity contribution >= 4 is 0 Å². The maximum Gasteiger partial charge on any atom is 0.164 e. The van der Waals surface area contributed by atoms with Crippen molar-refractivity contribution in [2.75, 3.05) is 6.61 Å². The summed E-state index contributed by atoms with van der Waals surface area (Å²) < 4.78 is 17.2. The minimum absolute atomic E-state index is 0.198. The molecule has 20 heavy (non-hydrogen) atoms. The second kappa shape index (κ2) is 5.30. The smallest absolute Gasteiger partial charge is 0.164 e. The maximum absolute atomic E-state index is 9.98. The molecule has 0 amide bonds. The third-order valence-electron chi connectivity index (χ3n) is 3.60. The largest absolute Gasteiger partial charge is 0.386 e. The van der Waals surface area contributed by atoms with Crippen molar-refractivity contribution in [3.8, 4) is 0 Å². The van der Waals surface area contributed by atoms with Gasteiger partial charge in [0, 0.05) is 0 Å². The first-order chi connectivity index (χ1) is 9.55. The van der Waals surface area contributed by atoms with Gasteiger partial charge in [0.05, 0.1) is 13.2 Å². The Morgan fingerprint density at radius 3 is 2.65 bits per heavy atom. The lowest BCUT2D eigenvalue weighted by Gasteiger charge is -2.19. The average Bonchev–Trinajstić information content (AvgIpc) is 2.87. The molecule has 0 spiro atoms. The SMILES string of the molecule is CC1(C)O[C@H]2[C@H](O)C=C(COCc3ccccc3)[C@H]2O1. The topological polar surface area (TPSA) is 47.9 Å². The molecule has 1 aliphatic carbocycles. The van der Waals surface area contributed by atoms with Crippen LogP contribution in [-0.2, 0) is 20.8 Å². The molecular formula is C16H20O4. The average molecular weight is 276 g/mol. The number of aliphatic hydroxyl groups excluding tert-OH is 1. The first kappa shape index (κ1) is 13.8. The van der Waals surface area contributed by atoms with E-state index in [9.17, 15) is 5.11 Å². The van der Waals surface area contributed by atoms with E-state index in [4.69, 9.17) is 14.2 Å². The van der Waals surface area contributed by atoms with Gasteiger partial charge in [0.15, 0.2) is 5.79 Å². The van der Waals surface area contributed by atoms with E-state index >= 15 is 0 Å². The number of fused-ring (bicyclic) bond motifs is 1. The van der Waals surface area contributed by atoms with Crippen LogP contribution >= 0.6 is 0 Å². The molecule has 4 heteroatoms. The van der Waals surface area contributed by atoms with Crippen LogP contribution in [0.15, 0.2) is 42.0 Å². The lowest BCUT2D eigenvalue weighted by Crippen LogP contribution is -2.29. The van der Waals surface area contributed by atoms with Gasteiger partial charge in [-0.05, 0) is 31.1 Å². The van der Waals surface area contributed by atoms with Crippen molar-refractivity contribution in [3.05, 3.63) is 47.5 Å². The highest BCUT2D eigenvalue weighted by molar-refractivity contribution is 5.25. The molecule has 1 fully saturated rings. The van der Waals surface area contributed by atoms with E-state index in [0.717, 1.165) is 11.1 Å². The summed E-state index contributed by atoms with van der Waals surface area (Å²) in [5, 5.41) is 9.98. The zero-order valence-electron chi connectivity index (χ0n) is 11.8. The van der Waals surface area contributed by atoms with Crippen molar-refractivity contribution in [1.82, 2.24) is 0 Å². The molecule has 1 aromatic rings. The van der Waals surface area contributed by atoms with Gasteiger partial charge in [-0.3, -0.25) is 0 Å². The zero-order chi connectivity index (χ0) is 14.2. The Bertz CT molecular complexity index is 494. The fourth-order valence-corrected chi connectivity index (χ4v) is 2.73. The highest BCUT2D eigenvalue weighted by atomic mass is 16.8. The maximum atomic E-state index is 9.98. The summed E-state index contributed by atoms with van der Waals surface area (Å²) in [6.07, 6.45) is 0.670. The minimum atomic E-state index is -0.644. The number of ether oxygens (including phenoxy) is 3. The van der Waals surface area contributed by atoms with Gasteiger partial charge in [0.1, 0.15) is 18.3 Å². The van der Waals surface area contributed by atoms with Crippen LogP contribution in [0, 0.1) is 0 Å². The Kier molecular flexibility index (Phi) is 3.65. The molecule has 1 aliphatic heterocycles. The van der Waals surface area contributed by atoms with E-state index < -0.39 is 11.9 Å². The third-order valence-corrected chi connectivity index (χ3v) is 3.60. The molecule has 4 nitrogen and oxygen atoms in total. The van der Waals surface area contributed by atoms with E-state index in [1.807, 2.05) is 44.2 Å². The standard InChI is InChI=1S/C16H20O4/c1-16(2)19-14-12(8-13(17)15(14)20-16)10-18-9-11-6-4-3-5-7-11/h3-8,13-15,17H,9-10H2,1-2H3/t13-,14-,15+/m1/s1. The van der Waals surface area contributed by atoms with Gasteiger partial charge in [0.25, 0.3) is 0 Å². The fourth-order valence-electron chi connectivity index (χ4n) is 2.73. The second-order valence-electron chi connectivity index (χ2n) is 5.73. The normalized spacial score (nSPS) is 31.1. The lowest BCUT2D eigenvalue weighted by atomic mass is 10.1. The molecule has 2 aliphatic rings. The molecule has 1 heterocycles. The quantitative estimate of drug-likeness (QED) is 0.855. The third kappa shape index (κ3) is 2.79. The van der Waals surface area contributed by atoms with Crippen molar-refractivity contribution < 1.29 is 19.3 Å². The highest BCUT2D eigenvalue weighted by Crippen LogP contribution is 2.38. The Balaban J connectivity index is 1.57. The molecule has 3 rings (SSSR count). The Morgan fingerprint density at radius 2 is 1.90 bits per heavy atom. The molecule has 0 radical (unpaired) electrons. The second-order valence-corrected chi connectivity index (χ2v) is 5.73. The molecule has 0 bridgehead atoms. The van der Waals surface area contributed by atoms with Gasteiger partial charge in [-0.25, -0.2) is 0 Å². The van der Waals surface area contributed by atoms with Gasteiger partial charge >= 0.3 is 0 Å². The molecular weight excluding hydrogens is 256 g/mol. The summed E-state index contributed by atoms with van der Waals surface area (Å²) in [6, 6.07) is 10.0. The van der Waals surface area contributed by atoms with Crippen LogP contribution < -0.4 is 0 Å². The van der Waals surface area contributed by atoms with Crippen LogP contribution in [-0.4, -0.2) is 35.8 Å². The van der Waals surface area contributed by atoms with E-state index in [1.165, 1.54) is 0 Å². The van der Waals surface area contributed by atoms with Crippen LogP contribution in [0.1, 0.15) is 19.4 Å². The number of aliphatic hydroxyl groups is 1. The van der Waals surface area contributed by atoms with E-state index in [-0.39, 0.29) is 12.2 Å². The number of benzene rings is 1. The predicted octanol–water partition coefficient (Wildman–Crippen LogP) is 2.02. The van der Waals surface area contributed by atoms with Crippen molar-refractivity contribution in [2.45, 2.75) is 44.6 Å². The molecule has 108 valence electrons. The summed E-state index contributed by atoms with van der Waals surface area (Å²) in [5.74, 6) is -0.644. The molecule has 0 saturated carbocycles.